The SMILES string of the molecule is N#Cc1ccc2nccc(Nc3ccc(-c4nc5ncc(Nc6ccncc6)cc5o4)cc3)c2c1. The third-order valence-corrected chi connectivity index (χ3v) is 5.50. The summed E-state index contributed by atoms with van der Waals surface area (Å²) in [7, 11) is 0. The van der Waals surface area contributed by atoms with Gasteiger partial charge in [0.1, 0.15) is 0 Å². The molecule has 2 aromatic carbocycles. The van der Waals surface area contributed by atoms with Crippen molar-refractivity contribution < 1.29 is 4.42 Å². The summed E-state index contributed by atoms with van der Waals surface area (Å²) < 4.78 is 5.99. The minimum absolute atomic E-state index is 0.494. The lowest BCUT2D eigenvalue weighted by Crippen LogP contribution is -1.93. The van der Waals surface area contributed by atoms with E-state index in [1.54, 1.807) is 30.9 Å². The quantitative estimate of drug-likeness (QED) is 0.316. The minimum atomic E-state index is 0.494. The van der Waals surface area contributed by atoms with E-state index >= 15 is 0 Å². The summed E-state index contributed by atoms with van der Waals surface area (Å²) in [6.07, 6.45) is 6.91. The highest BCUT2D eigenvalue weighted by Gasteiger charge is 2.11. The van der Waals surface area contributed by atoms with Crippen molar-refractivity contribution in [2.45, 2.75) is 0 Å². The molecular formula is C27H17N7O. The van der Waals surface area contributed by atoms with E-state index in [1.165, 1.54) is 0 Å². The highest BCUT2D eigenvalue weighted by Crippen LogP contribution is 2.29. The van der Waals surface area contributed by atoms with Crippen molar-refractivity contribution in [2.75, 3.05) is 10.6 Å². The molecule has 0 bridgehead atoms. The Labute approximate surface area is 199 Å². The maximum absolute atomic E-state index is 9.23. The van der Waals surface area contributed by atoms with Gasteiger partial charge in [0.25, 0.3) is 0 Å². The minimum Gasteiger partial charge on any atom is -0.434 e. The van der Waals surface area contributed by atoms with Crippen LogP contribution in [0.15, 0.2) is 95.9 Å². The van der Waals surface area contributed by atoms with Crippen molar-refractivity contribution in [3.05, 3.63) is 97.1 Å². The van der Waals surface area contributed by atoms with E-state index in [2.05, 4.69) is 36.6 Å². The summed E-state index contributed by atoms with van der Waals surface area (Å²) in [5.74, 6) is 0.494. The van der Waals surface area contributed by atoms with Crippen LogP contribution in [0.2, 0.25) is 0 Å². The van der Waals surface area contributed by atoms with Gasteiger partial charge in [0, 0.05) is 52.7 Å². The van der Waals surface area contributed by atoms with Crippen molar-refractivity contribution in [1.82, 2.24) is 19.9 Å². The van der Waals surface area contributed by atoms with Gasteiger partial charge in [-0.2, -0.15) is 10.2 Å². The van der Waals surface area contributed by atoms with E-state index in [0.29, 0.717) is 22.7 Å². The molecular weight excluding hydrogens is 438 g/mol. The number of fused-ring (bicyclic) bond motifs is 2. The molecule has 6 rings (SSSR count). The molecule has 0 radical (unpaired) electrons. The first kappa shape index (κ1) is 20.3. The molecule has 0 saturated carbocycles. The van der Waals surface area contributed by atoms with E-state index in [0.717, 1.165) is 39.2 Å². The summed E-state index contributed by atoms with van der Waals surface area (Å²) in [6, 6.07) is 22.9. The molecule has 8 nitrogen and oxygen atoms in total. The molecule has 4 aromatic heterocycles. The Kier molecular flexibility index (Phi) is 4.98. The van der Waals surface area contributed by atoms with Gasteiger partial charge in [0.2, 0.25) is 5.89 Å². The number of nitriles is 1. The van der Waals surface area contributed by atoms with Gasteiger partial charge >= 0.3 is 0 Å². The number of nitrogens with zero attached hydrogens (tertiary/aromatic N) is 5. The van der Waals surface area contributed by atoms with Crippen LogP contribution in [0, 0.1) is 11.3 Å². The topological polar surface area (TPSA) is 113 Å². The van der Waals surface area contributed by atoms with Crippen molar-refractivity contribution in [2.24, 2.45) is 0 Å². The van der Waals surface area contributed by atoms with E-state index in [-0.39, 0.29) is 0 Å². The van der Waals surface area contributed by atoms with Gasteiger partial charge in [0.15, 0.2) is 11.2 Å². The lowest BCUT2D eigenvalue weighted by atomic mass is 10.1. The Morgan fingerprint density at radius 1 is 0.771 bits per heavy atom. The number of anilines is 4. The van der Waals surface area contributed by atoms with E-state index in [9.17, 15) is 5.26 Å². The molecule has 0 atom stereocenters. The fraction of sp³-hybridized carbons (Fsp3) is 0. The maximum Gasteiger partial charge on any atom is 0.228 e. The van der Waals surface area contributed by atoms with Crippen LogP contribution in [-0.4, -0.2) is 19.9 Å². The number of nitrogens with one attached hydrogen (secondary N) is 2. The smallest absolute Gasteiger partial charge is 0.228 e. The highest BCUT2D eigenvalue weighted by molar-refractivity contribution is 5.93. The number of pyridine rings is 3. The second-order valence-electron chi connectivity index (χ2n) is 7.83. The van der Waals surface area contributed by atoms with Crippen molar-refractivity contribution in [3.63, 3.8) is 0 Å². The van der Waals surface area contributed by atoms with Gasteiger partial charge < -0.3 is 15.1 Å². The molecule has 0 saturated heterocycles. The molecule has 4 heterocycles. The van der Waals surface area contributed by atoms with Crippen LogP contribution in [-0.2, 0) is 0 Å². The molecule has 0 aliphatic carbocycles. The summed E-state index contributed by atoms with van der Waals surface area (Å²) in [5, 5.41) is 16.8. The van der Waals surface area contributed by atoms with Gasteiger partial charge in [-0.25, -0.2) is 4.98 Å². The number of rotatable bonds is 5. The molecule has 0 amide bonds. The monoisotopic (exact) mass is 455 g/mol. The average molecular weight is 455 g/mol. The molecule has 6 aromatic rings. The molecule has 35 heavy (non-hydrogen) atoms. The van der Waals surface area contributed by atoms with Crippen molar-refractivity contribution in [1.29, 1.82) is 5.26 Å². The van der Waals surface area contributed by atoms with E-state index in [4.69, 9.17) is 4.42 Å². The zero-order valence-electron chi connectivity index (χ0n) is 18.3. The predicted octanol–water partition coefficient (Wildman–Crippen LogP) is 6.19. The molecule has 0 aliphatic rings. The Hall–Kier alpha value is -5.29. The molecule has 8 heteroatoms. The van der Waals surface area contributed by atoms with Crippen LogP contribution in [0.1, 0.15) is 5.56 Å². The highest BCUT2D eigenvalue weighted by atomic mass is 16.3. The van der Waals surface area contributed by atoms with Crippen LogP contribution in [0.4, 0.5) is 22.7 Å². The normalized spacial score (nSPS) is 10.8. The van der Waals surface area contributed by atoms with E-state index < -0.39 is 0 Å². The summed E-state index contributed by atoms with van der Waals surface area (Å²) in [6.45, 7) is 0. The third kappa shape index (κ3) is 4.10. The number of hydrogen-bond donors (Lipinski definition) is 2. The fourth-order valence-corrected chi connectivity index (χ4v) is 3.79. The van der Waals surface area contributed by atoms with Crippen LogP contribution >= 0.6 is 0 Å². The Bertz CT molecular complexity index is 1700. The molecule has 2 N–H and O–H groups in total. The zero-order chi connectivity index (χ0) is 23.6. The number of benzene rings is 2. The standard InChI is InChI=1S/C27H17N7O/c28-15-17-1-6-23-22(13-17)24(9-12-30-23)33-19-4-2-18(3-5-19)27-34-26-25(35-27)14-21(16-31-26)32-20-7-10-29-11-8-20/h1-14,16H,(H,29,32)(H,30,33). The first-order valence-corrected chi connectivity index (χ1v) is 10.9. The fourth-order valence-electron chi connectivity index (χ4n) is 3.79. The van der Waals surface area contributed by atoms with Gasteiger partial charge in [-0.3, -0.25) is 9.97 Å². The Morgan fingerprint density at radius 2 is 1.60 bits per heavy atom. The molecule has 166 valence electrons. The van der Waals surface area contributed by atoms with Gasteiger partial charge in [-0.05, 0) is 60.7 Å². The van der Waals surface area contributed by atoms with Crippen molar-refractivity contribution >= 4 is 44.9 Å². The second-order valence-corrected chi connectivity index (χ2v) is 7.83. The van der Waals surface area contributed by atoms with Crippen molar-refractivity contribution in [3.8, 4) is 17.5 Å². The first-order valence-electron chi connectivity index (χ1n) is 10.9. The molecule has 0 aliphatic heterocycles. The Morgan fingerprint density at radius 3 is 2.43 bits per heavy atom. The average Bonchev–Trinajstić information content (AvgIpc) is 3.33. The van der Waals surface area contributed by atoms with Crippen LogP contribution < -0.4 is 10.6 Å². The molecule has 0 unspecified atom stereocenters. The van der Waals surface area contributed by atoms with E-state index in [1.807, 2.05) is 60.7 Å². The predicted molar refractivity (Wildman–Crippen MR) is 135 cm³/mol. The maximum atomic E-state index is 9.23. The summed E-state index contributed by atoms with van der Waals surface area (Å²) >= 11 is 0. The van der Waals surface area contributed by atoms with Gasteiger partial charge in [0.05, 0.1) is 29.0 Å². The van der Waals surface area contributed by atoms with Gasteiger partial charge in [-0.15, -0.1) is 0 Å². The zero-order valence-corrected chi connectivity index (χ0v) is 18.3. The number of aromatic nitrogens is 4. The number of hydrogen-bond acceptors (Lipinski definition) is 8. The van der Waals surface area contributed by atoms with Gasteiger partial charge in [-0.1, -0.05) is 0 Å². The number of oxazole rings is 1. The second kappa shape index (κ2) is 8.57. The lowest BCUT2D eigenvalue weighted by Gasteiger charge is -2.10. The first-order chi connectivity index (χ1) is 17.2. The largest absolute Gasteiger partial charge is 0.434 e. The Balaban J connectivity index is 1.25. The van der Waals surface area contributed by atoms with Crippen LogP contribution in [0.25, 0.3) is 33.6 Å². The lowest BCUT2D eigenvalue weighted by molar-refractivity contribution is 0.620. The summed E-state index contributed by atoms with van der Waals surface area (Å²) in [5.41, 5.74) is 6.86. The molecule has 0 spiro atoms. The molecule has 0 fully saturated rings. The third-order valence-electron chi connectivity index (χ3n) is 5.50. The summed E-state index contributed by atoms with van der Waals surface area (Å²) in [4.78, 5) is 17.3. The van der Waals surface area contributed by atoms with Crippen LogP contribution in [0.5, 0.6) is 0 Å². The van der Waals surface area contributed by atoms with Crippen LogP contribution in [0.3, 0.4) is 0 Å².